The molecule has 0 saturated carbocycles. The molecule has 0 bridgehead atoms. The second kappa shape index (κ2) is 4.68. The van der Waals surface area contributed by atoms with Crippen LogP contribution in [0.4, 0.5) is 18.0 Å². The van der Waals surface area contributed by atoms with Crippen molar-refractivity contribution in [3.63, 3.8) is 0 Å². The first-order valence-corrected chi connectivity index (χ1v) is 3.49. The predicted octanol–water partition coefficient (Wildman–Crippen LogP) is 0.785. The van der Waals surface area contributed by atoms with Crippen molar-refractivity contribution in [2.24, 2.45) is 0 Å². The lowest BCUT2D eigenvalue weighted by Crippen LogP contribution is -2.43. The molecule has 0 aliphatic carbocycles. The maximum absolute atomic E-state index is 11.5. The van der Waals surface area contributed by atoms with Gasteiger partial charge < -0.3 is 5.32 Å². The Hall–Kier alpha value is -1.27. The number of rotatable bonds is 2. The molecule has 0 aromatic heterocycles. The van der Waals surface area contributed by atoms with Gasteiger partial charge in [0, 0.05) is 6.42 Å². The Morgan fingerprint density at radius 1 is 1.31 bits per heavy atom. The summed E-state index contributed by atoms with van der Waals surface area (Å²) < 4.78 is 34.5. The van der Waals surface area contributed by atoms with Crippen molar-refractivity contribution < 1.29 is 22.8 Å². The number of carbonyl (C=O) groups excluding carboxylic acids is 2. The smallest absolute Gasteiger partial charge is 0.329 e. The van der Waals surface area contributed by atoms with Crippen molar-refractivity contribution in [2.75, 3.05) is 6.54 Å². The first kappa shape index (κ1) is 11.7. The summed E-state index contributed by atoms with van der Waals surface area (Å²) in [7, 11) is 0. The van der Waals surface area contributed by atoms with Gasteiger partial charge in [0.15, 0.2) is 0 Å². The lowest BCUT2D eigenvalue weighted by molar-refractivity contribution is -0.124. The minimum atomic E-state index is -4.47. The molecule has 0 radical (unpaired) electrons. The molecule has 0 rings (SSSR count). The number of halogens is 3. The Morgan fingerprint density at radius 2 is 1.85 bits per heavy atom. The minimum absolute atomic E-state index is 0.0411. The topological polar surface area (TPSA) is 58.2 Å². The van der Waals surface area contributed by atoms with Crippen LogP contribution in [0.3, 0.4) is 0 Å². The normalized spacial score (nSPS) is 10.8. The van der Waals surface area contributed by atoms with E-state index >= 15 is 0 Å². The molecule has 0 aliphatic heterocycles. The summed E-state index contributed by atoms with van der Waals surface area (Å²) in [5.41, 5.74) is 0. The molecule has 0 heterocycles. The molecule has 0 saturated heterocycles. The molecule has 0 unspecified atom stereocenters. The van der Waals surface area contributed by atoms with E-state index in [1.54, 1.807) is 5.32 Å². The fraction of sp³-hybridized carbons (Fsp3) is 0.667. The van der Waals surface area contributed by atoms with Crippen LogP contribution in [-0.2, 0) is 4.79 Å². The molecule has 76 valence electrons. The maximum atomic E-state index is 11.5. The van der Waals surface area contributed by atoms with Crippen molar-refractivity contribution in [1.82, 2.24) is 10.6 Å². The number of imide groups is 1. The summed E-state index contributed by atoms with van der Waals surface area (Å²) in [5, 5.41) is 3.21. The van der Waals surface area contributed by atoms with Crippen LogP contribution in [0.2, 0.25) is 0 Å². The van der Waals surface area contributed by atoms with Crippen LogP contribution >= 0.6 is 0 Å². The van der Waals surface area contributed by atoms with E-state index in [9.17, 15) is 22.8 Å². The number of nitrogens with one attached hydrogen (secondary N) is 2. The fourth-order valence-corrected chi connectivity index (χ4v) is 0.440. The Balaban J connectivity index is 3.70. The lowest BCUT2D eigenvalue weighted by Gasteiger charge is -2.08. The zero-order valence-corrected chi connectivity index (χ0v) is 6.86. The highest BCUT2D eigenvalue weighted by Crippen LogP contribution is 2.11. The molecule has 0 spiro atoms. The summed E-state index contributed by atoms with van der Waals surface area (Å²) in [5.74, 6) is -0.625. The Labute approximate surface area is 72.5 Å². The fourth-order valence-electron chi connectivity index (χ4n) is 0.440. The van der Waals surface area contributed by atoms with E-state index < -0.39 is 24.7 Å². The molecule has 4 nitrogen and oxygen atoms in total. The van der Waals surface area contributed by atoms with E-state index in [0.29, 0.717) is 0 Å². The van der Waals surface area contributed by atoms with Crippen molar-refractivity contribution >= 4 is 11.9 Å². The van der Waals surface area contributed by atoms with E-state index in [0.717, 1.165) is 0 Å². The molecule has 13 heavy (non-hydrogen) atoms. The van der Waals surface area contributed by atoms with E-state index in [1.807, 2.05) is 0 Å². The largest absolute Gasteiger partial charge is 0.405 e. The average Bonchev–Trinajstić information content (AvgIpc) is 1.99. The molecule has 0 aromatic rings. The van der Waals surface area contributed by atoms with Crippen molar-refractivity contribution in [1.29, 1.82) is 0 Å². The molecule has 0 atom stereocenters. The van der Waals surface area contributed by atoms with Crippen LogP contribution < -0.4 is 10.6 Å². The third-order valence-corrected chi connectivity index (χ3v) is 1.02. The summed E-state index contributed by atoms with van der Waals surface area (Å²) in [6.45, 7) is 0.0300. The standard InChI is InChI=1S/C6H9F3N2O2/c1-2-4(12)11-5(13)10-3-6(7,8)9/h2-3H2,1H3,(H2,10,11,12,13). The third kappa shape index (κ3) is 7.10. The van der Waals surface area contributed by atoms with Gasteiger partial charge in [0.05, 0.1) is 0 Å². The average molecular weight is 198 g/mol. The number of urea groups is 1. The van der Waals surface area contributed by atoms with Crippen molar-refractivity contribution in [2.45, 2.75) is 19.5 Å². The van der Waals surface area contributed by atoms with Gasteiger partial charge in [0.25, 0.3) is 0 Å². The van der Waals surface area contributed by atoms with Crippen LogP contribution in [0.25, 0.3) is 0 Å². The van der Waals surface area contributed by atoms with Gasteiger partial charge in [-0.1, -0.05) is 6.92 Å². The molecular formula is C6H9F3N2O2. The minimum Gasteiger partial charge on any atom is -0.329 e. The van der Waals surface area contributed by atoms with Crippen LogP contribution in [0.1, 0.15) is 13.3 Å². The number of amides is 3. The lowest BCUT2D eigenvalue weighted by atomic mass is 10.4. The quantitative estimate of drug-likeness (QED) is 0.689. The highest BCUT2D eigenvalue weighted by Gasteiger charge is 2.27. The Bertz CT molecular complexity index is 203. The van der Waals surface area contributed by atoms with Gasteiger partial charge in [-0.05, 0) is 0 Å². The van der Waals surface area contributed by atoms with Crippen LogP contribution in [-0.4, -0.2) is 24.7 Å². The number of carbonyl (C=O) groups is 2. The second-order valence-corrected chi connectivity index (χ2v) is 2.20. The molecule has 0 aliphatic rings. The predicted molar refractivity (Wildman–Crippen MR) is 37.9 cm³/mol. The first-order chi connectivity index (χ1) is 5.85. The number of hydrogen-bond donors (Lipinski definition) is 2. The zero-order valence-electron chi connectivity index (χ0n) is 6.86. The van der Waals surface area contributed by atoms with Crippen molar-refractivity contribution in [3.05, 3.63) is 0 Å². The van der Waals surface area contributed by atoms with E-state index in [-0.39, 0.29) is 6.42 Å². The molecule has 0 aromatic carbocycles. The molecule has 2 N–H and O–H groups in total. The maximum Gasteiger partial charge on any atom is 0.405 e. The van der Waals surface area contributed by atoms with Crippen LogP contribution in [0.5, 0.6) is 0 Å². The summed E-state index contributed by atoms with van der Waals surface area (Å²) in [4.78, 5) is 21.0. The summed E-state index contributed by atoms with van der Waals surface area (Å²) >= 11 is 0. The molecule has 0 fully saturated rings. The van der Waals surface area contributed by atoms with E-state index in [1.165, 1.54) is 12.2 Å². The molecule has 3 amide bonds. The van der Waals surface area contributed by atoms with Gasteiger partial charge in [-0.2, -0.15) is 13.2 Å². The summed E-state index contributed by atoms with van der Waals surface area (Å²) in [6.07, 6.45) is -4.42. The second-order valence-electron chi connectivity index (χ2n) is 2.20. The Morgan fingerprint density at radius 3 is 2.23 bits per heavy atom. The monoisotopic (exact) mass is 198 g/mol. The van der Waals surface area contributed by atoms with Gasteiger partial charge in [0.2, 0.25) is 5.91 Å². The van der Waals surface area contributed by atoms with Gasteiger partial charge in [-0.3, -0.25) is 10.1 Å². The zero-order chi connectivity index (χ0) is 10.5. The van der Waals surface area contributed by atoms with Crippen LogP contribution in [0.15, 0.2) is 0 Å². The van der Waals surface area contributed by atoms with Crippen molar-refractivity contribution in [3.8, 4) is 0 Å². The van der Waals surface area contributed by atoms with Gasteiger partial charge in [0.1, 0.15) is 6.54 Å². The number of alkyl halides is 3. The van der Waals surface area contributed by atoms with Gasteiger partial charge >= 0.3 is 12.2 Å². The van der Waals surface area contributed by atoms with Gasteiger partial charge in [-0.25, -0.2) is 4.79 Å². The molecular weight excluding hydrogens is 189 g/mol. The molecule has 7 heteroatoms. The Kier molecular flexibility index (Phi) is 4.22. The van der Waals surface area contributed by atoms with E-state index in [4.69, 9.17) is 0 Å². The van der Waals surface area contributed by atoms with Crippen LogP contribution in [0, 0.1) is 0 Å². The summed E-state index contributed by atoms with van der Waals surface area (Å²) in [6, 6.07) is -1.14. The van der Waals surface area contributed by atoms with Gasteiger partial charge in [-0.15, -0.1) is 0 Å². The highest BCUT2D eigenvalue weighted by atomic mass is 19.4. The first-order valence-electron chi connectivity index (χ1n) is 3.49. The highest BCUT2D eigenvalue weighted by molar-refractivity contribution is 5.94. The number of hydrogen-bond acceptors (Lipinski definition) is 2. The third-order valence-electron chi connectivity index (χ3n) is 1.02. The van der Waals surface area contributed by atoms with E-state index in [2.05, 4.69) is 0 Å². The SMILES string of the molecule is CCC(=O)NC(=O)NCC(F)(F)F.